The molecule has 21 heavy (non-hydrogen) atoms. The molecule has 1 heteroatoms. The summed E-state index contributed by atoms with van der Waals surface area (Å²) in [7, 11) is 0. The molecule has 1 aliphatic heterocycles. The van der Waals surface area contributed by atoms with Gasteiger partial charge in [0.25, 0.3) is 0 Å². The van der Waals surface area contributed by atoms with Crippen molar-refractivity contribution in [3.05, 3.63) is 102 Å². The maximum atomic E-state index is 2.34. The van der Waals surface area contributed by atoms with Crippen LogP contribution in [0.3, 0.4) is 0 Å². The first-order valence-electron chi connectivity index (χ1n) is 7.25. The van der Waals surface area contributed by atoms with Crippen LogP contribution in [0, 0.1) is 0 Å². The van der Waals surface area contributed by atoms with E-state index in [0.717, 1.165) is 0 Å². The van der Waals surface area contributed by atoms with Crippen LogP contribution in [0.1, 0.15) is 22.9 Å². The van der Waals surface area contributed by atoms with Crippen molar-refractivity contribution in [1.29, 1.82) is 0 Å². The summed E-state index contributed by atoms with van der Waals surface area (Å²) in [5.74, 6) is 0. The van der Waals surface area contributed by atoms with Gasteiger partial charge in [0.15, 0.2) is 6.20 Å². The molecule has 0 bridgehead atoms. The van der Waals surface area contributed by atoms with Gasteiger partial charge in [0.05, 0.1) is 0 Å². The van der Waals surface area contributed by atoms with Gasteiger partial charge in [0.2, 0.25) is 11.7 Å². The SMILES string of the molecule is C1=C(c2ccccc2)C(c2ccccc2)[n+]2ccccc21. The molecule has 1 atom stereocenters. The van der Waals surface area contributed by atoms with E-state index in [1.54, 1.807) is 0 Å². The predicted molar refractivity (Wildman–Crippen MR) is 85.5 cm³/mol. The van der Waals surface area contributed by atoms with Crippen molar-refractivity contribution in [2.45, 2.75) is 6.04 Å². The molecule has 0 saturated carbocycles. The van der Waals surface area contributed by atoms with Crippen LogP contribution in [-0.2, 0) is 0 Å². The highest BCUT2D eigenvalue weighted by molar-refractivity contribution is 5.84. The van der Waals surface area contributed by atoms with Crippen molar-refractivity contribution in [2.75, 3.05) is 0 Å². The van der Waals surface area contributed by atoms with Crippen LogP contribution in [-0.4, -0.2) is 0 Å². The average Bonchev–Trinajstić information content (AvgIpc) is 2.96. The van der Waals surface area contributed by atoms with Crippen molar-refractivity contribution in [3.63, 3.8) is 0 Å². The van der Waals surface area contributed by atoms with Crippen LogP contribution in [0.15, 0.2) is 85.1 Å². The number of benzene rings is 2. The van der Waals surface area contributed by atoms with Crippen LogP contribution >= 0.6 is 0 Å². The Labute approximate surface area is 124 Å². The van der Waals surface area contributed by atoms with Gasteiger partial charge < -0.3 is 0 Å². The van der Waals surface area contributed by atoms with Crippen LogP contribution in [0.2, 0.25) is 0 Å². The molecule has 1 nitrogen and oxygen atoms in total. The van der Waals surface area contributed by atoms with Gasteiger partial charge >= 0.3 is 0 Å². The number of hydrogen-bond acceptors (Lipinski definition) is 0. The molecule has 0 aliphatic carbocycles. The van der Waals surface area contributed by atoms with Crippen LogP contribution in [0.5, 0.6) is 0 Å². The van der Waals surface area contributed by atoms with Crippen molar-refractivity contribution in [1.82, 2.24) is 0 Å². The van der Waals surface area contributed by atoms with Crippen molar-refractivity contribution in [2.24, 2.45) is 0 Å². The quantitative estimate of drug-likeness (QED) is 0.617. The minimum Gasteiger partial charge on any atom is -0.187 e. The molecule has 1 aliphatic rings. The number of pyridine rings is 1. The van der Waals surface area contributed by atoms with Gasteiger partial charge in [-0.25, -0.2) is 0 Å². The summed E-state index contributed by atoms with van der Waals surface area (Å²) >= 11 is 0. The summed E-state index contributed by atoms with van der Waals surface area (Å²) < 4.78 is 2.34. The highest BCUT2D eigenvalue weighted by Gasteiger charge is 2.34. The largest absolute Gasteiger partial charge is 0.210 e. The number of aromatic nitrogens is 1. The summed E-state index contributed by atoms with van der Waals surface area (Å²) in [6, 6.07) is 28.0. The lowest BCUT2D eigenvalue weighted by Gasteiger charge is -2.12. The standard InChI is InChI=1S/C20H16N/c1-3-9-16(10-4-1)19-15-18-13-7-8-14-21(18)20(19)17-11-5-2-6-12-17/h1-15,20H/q+1. The molecular weight excluding hydrogens is 254 g/mol. The Morgan fingerprint density at radius 1 is 0.667 bits per heavy atom. The molecule has 0 fully saturated rings. The van der Waals surface area contributed by atoms with Crippen LogP contribution in [0.25, 0.3) is 11.6 Å². The summed E-state index contributed by atoms with van der Waals surface area (Å²) in [6.45, 7) is 0. The van der Waals surface area contributed by atoms with E-state index in [1.807, 2.05) is 0 Å². The molecule has 0 N–H and O–H groups in total. The Bertz CT molecular complexity index is 788. The molecule has 1 unspecified atom stereocenters. The van der Waals surface area contributed by atoms with E-state index < -0.39 is 0 Å². The van der Waals surface area contributed by atoms with Crippen molar-refractivity contribution in [3.8, 4) is 0 Å². The third-order valence-electron chi connectivity index (χ3n) is 4.02. The monoisotopic (exact) mass is 270 g/mol. The summed E-state index contributed by atoms with van der Waals surface area (Å²) in [5, 5.41) is 0. The Morgan fingerprint density at radius 3 is 2.10 bits per heavy atom. The molecule has 4 rings (SSSR count). The van der Waals surface area contributed by atoms with Gasteiger partial charge in [0, 0.05) is 29.3 Å². The Hall–Kier alpha value is -2.67. The summed E-state index contributed by atoms with van der Waals surface area (Å²) in [5.41, 5.74) is 5.22. The zero-order valence-electron chi connectivity index (χ0n) is 11.7. The smallest absolute Gasteiger partial charge is 0.187 e. The normalized spacial score (nSPS) is 16.4. The molecule has 1 aromatic heterocycles. The van der Waals surface area contributed by atoms with E-state index in [-0.39, 0.29) is 6.04 Å². The number of nitrogens with zero attached hydrogens (tertiary/aromatic N) is 1. The Kier molecular flexibility index (Phi) is 2.89. The second kappa shape index (κ2) is 5.02. The number of rotatable bonds is 2. The summed E-state index contributed by atoms with van der Waals surface area (Å²) in [4.78, 5) is 0. The molecule has 0 radical (unpaired) electrons. The topological polar surface area (TPSA) is 3.88 Å². The Morgan fingerprint density at radius 2 is 1.33 bits per heavy atom. The lowest BCUT2D eigenvalue weighted by molar-refractivity contribution is -0.698. The first-order chi connectivity index (χ1) is 10.4. The maximum Gasteiger partial charge on any atom is 0.210 e. The van der Waals surface area contributed by atoms with Gasteiger partial charge in [-0.2, -0.15) is 4.57 Å². The third kappa shape index (κ3) is 2.07. The van der Waals surface area contributed by atoms with E-state index in [2.05, 4.69) is 95.7 Å². The average molecular weight is 270 g/mol. The van der Waals surface area contributed by atoms with E-state index >= 15 is 0 Å². The van der Waals surface area contributed by atoms with Gasteiger partial charge in [-0.05, 0) is 11.6 Å². The van der Waals surface area contributed by atoms with Crippen molar-refractivity contribution < 1.29 is 4.57 Å². The molecule has 2 aromatic carbocycles. The zero-order chi connectivity index (χ0) is 14.1. The number of hydrogen-bond donors (Lipinski definition) is 0. The minimum absolute atomic E-state index is 0.254. The summed E-state index contributed by atoms with van der Waals surface area (Å²) in [6.07, 6.45) is 4.46. The minimum atomic E-state index is 0.254. The fraction of sp³-hybridized carbons (Fsp3) is 0.0500. The maximum absolute atomic E-state index is 2.34. The van der Waals surface area contributed by atoms with E-state index in [4.69, 9.17) is 0 Å². The number of allylic oxidation sites excluding steroid dienone is 1. The first kappa shape index (κ1) is 12.1. The molecule has 3 aromatic rings. The fourth-order valence-electron chi connectivity index (χ4n) is 3.06. The second-order valence-corrected chi connectivity index (χ2v) is 5.31. The molecular formula is C20H16N+. The van der Waals surface area contributed by atoms with Crippen LogP contribution in [0.4, 0.5) is 0 Å². The highest BCUT2D eigenvalue weighted by atomic mass is 15.0. The molecule has 0 saturated heterocycles. The van der Waals surface area contributed by atoms with Crippen LogP contribution < -0.4 is 4.57 Å². The molecule has 100 valence electrons. The predicted octanol–water partition coefficient (Wildman–Crippen LogP) is 4.12. The molecule has 0 spiro atoms. The van der Waals surface area contributed by atoms with E-state index in [9.17, 15) is 0 Å². The first-order valence-corrected chi connectivity index (χ1v) is 7.25. The van der Waals surface area contributed by atoms with Crippen molar-refractivity contribution >= 4 is 11.6 Å². The zero-order valence-corrected chi connectivity index (χ0v) is 11.7. The van der Waals surface area contributed by atoms with E-state index in [0.29, 0.717) is 0 Å². The van der Waals surface area contributed by atoms with Gasteiger partial charge in [-0.3, -0.25) is 0 Å². The molecule has 2 heterocycles. The lowest BCUT2D eigenvalue weighted by atomic mass is 9.94. The molecule has 0 amide bonds. The highest BCUT2D eigenvalue weighted by Crippen LogP contribution is 2.35. The Balaban J connectivity index is 1.90. The number of fused-ring (bicyclic) bond motifs is 1. The second-order valence-electron chi connectivity index (χ2n) is 5.31. The lowest BCUT2D eigenvalue weighted by Crippen LogP contribution is -2.39. The van der Waals surface area contributed by atoms with Gasteiger partial charge in [0.1, 0.15) is 0 Å². The third-order valence-corrected chi connectivity index (χ3v) is 4.02. The van der Waals surface area contributed by atoms with Gasteiger partial charge in [-0.15, -0.1) is 0 Å². The van der Waals surface area contributed by atoms with Gasteiger partial charge in [-0.1, -0.05) is 60.7 Å². The fourth-order valence-corrected chi connectivity index (χ4v) is 3.06. The van der Waals surface area contributed by atoms with E-state index in [1.165, 1.54) is 22.4 Å².